The highest BCUT2D eigenvalue weighted by Gasteiger charge is 2.32. The van der Waals surface area contributed by atoms with E-state index in [2.05, 4.69) is 9.97 Å². The summed E-state index contributed by atoms with van der Waals surface area (Å²) in [4.78, 5) is 8.69. The lowest BCUT2D eigenvalue weighted by atomic mass is 9.98. The second-order valence-corrected chi connectivity index (χ2v) is 5.58. The third-order valence-electron chi connectivity index (χ3n) is 4.04. The van der Waals surface area contributed by atoms with Crippen molar-refractivity contribution in [1.29, 1.82) is 0 Å². The zero-order valence-electron chi connectivity index (χ0n) is 12.6. The van der Waals surface area contributed by atoms with Gasteiger partial charge in [0.15, 0.2) is 6.23 Å². The fourth-order valence-electron chi connectivity index (χ4n) is 2.81. The topological polar surface area (TPSA) is 96.3 Å². The Morgan fingerprint density at radius 3 is 2.78 bits per heavy atom. The molecule has 0 bridgehead atoms. The molecule has 0 spiro atoms. The van der Waals surface area contributed by atoms with Gasteiger partial charge in [-0.3, -0.25) is 5.73 Å². The largest absolute Gasteiger partial charge is 0.474 e. The van der Waals surface area contributed by atoms with Crippen LogP contribution in [0, 0.1) is 0 Å². The Kier molecular flexibility index (Phi) is 3.06. The summed E-state index contributed by atoms with van der Waals surface area (Å²) in [5, 5.41) is 0.786. The second-order valence-electron chi connectivity index (χ2n) is 5.58. The highest BCUT2D eigenvalue weighted by Crippen LogP contribution is 2.44. The molecule has 4 N–H and O–H groups in total. The predicted octanol–water partition coefficient (Wildman–Crippen LogP) is 2.79. The summed E-state index contributed by atoms with van der Waals surface area (Å²) in [5.41, 5.74) is 14.3. The van der Waals surface area contributed by atoms with Gasteiger partial charge in [0.25, 0.3) is 0 Å². The number of ether oxygens (including phenoxy) is 2. The van der Waals surface area contributed by atoms with E-state index < -0.39 is 6.23 Å². The average molecular weight is 308 g/mol. The molecule has 0 aliphatic carbocycles. The predicted molar refractivity (Wildman–Crippen MR) is 87.5 cm³/mol. The molecule has 6 nitrogen and oxygen atoms in total. The first-order valence-corrected chi connectivity index (χ1v) is 7.38. The summed E-state index contributed by atoms with van der Waals surface area (Å²) in [6, 6.07) is 11.4. The van der Waals surface area contributed by atoms with Gasteiger partial charge in [-0.05, 0) is 18.2 Å². The Morgan fingerprint density at radius 2 is 2.00 bits per heavy atom. The molecule has 0 radical (unpaired) electrons. The minimum atomic E-state index is -0.404. The molecule has 2 aromatic carbocycles. The Morgan fingerprint density at radius 1 is 1.22 bits per heavy atom. The summed E-state index contributed by atoms with van der Waals surface area (Å²) in [6.07, 6.45) is 1.28. The van der Waals surface area contributed by atoms with Crippen molar-refractivity contribution in [1.82, 2.24) is 9.97 Å². The highest BCUT2D eigenvalue weighted by atomic mass is 16.5. The number of nitrogen functional groups attached to an aromatic ring is 1. The first kappa shape index (κ1) is 13.8. The molecule has 116 valence electrons. The van der Waals surface area contributed by atoms with Crippen LogP contribution in [0.3, 0.4) is 0 Å². The number of nitrogens with zero attached hydrogens (tertiary/aromatic N) is 2. The first-order chi connectivity index (χ1) is 11.1. The number of hydrogen-bond donors (Lipinski definition) is 2. The molecule has 0 fully saturated rings. The van der Waals surface area contributed by atoms with Gasteiger partial charge in [-0.25, -0.2) is 4.98 Å². The van der Waals surface area contributed by atoms with Gasteiger partial charge in [0.2, 0.25) is 0 Å². The van der Waals surface area contributed by atoms with E-state index in [1.807, 2.05) is 43.3 Å². The minimum absolute atomic E-state index is 0.0367. The molecule has 2 atom stereocenters. The molecule has 1 aliphatic heterocycles. The number of rotatable bonds is 2. The van der Waals surface area contributed by atoms with Crippen LogP contribution < -0.4 is 20.9 Å². The molecule has 1 aromatic heterocycles. The molecule has 4 rings (SSSR count). The van der Waals surface area contributed by atoms with E-state index in [1.54, 1.807) is 6.20 Å². The number of para-hydroxylation sites is 1. The van der Waals surface area contributed by atoms with Gasteiger partial charge < -0.3 is 15.2 Å². The molecule has 2 unspecified atom stereocenters. The number of anilines is 1. The lowest BCUT2D eigenvalue weighted by molar-refractivity contribution is 0.221. The van der Waals surface area contributed by atoms with Gasteiger partial charge in [0.1, 0.15) is 11.5 Å². The summed E-state index contributed by atoms with van der Waals surface area (Å²) < 4.78 is 11.4. The maximum Gasteiger partial charge on any atom is 0.322 e. The van der Waals surface area contributed by atoms with Crippen LogP contribution in [0.5, 0.6) is 17.5 Å². The van der Waals surface area contributed by atoms with Crippen LogP contribution >= 0.6 is 0 Å². The van der Waals surface area contributed by atoms with Crippen molar-refractivity contribution >= 4 is 16.6 Å². The fraction of sp³-hybridized carbons (Fsp3) is 0.176. The van der Waals surface area contributed by atoms with Crippen LogP contribution in [-0.4, -0.2) is 16.2 Å². The molecular weight excluding hydrogens is 292 g/mol. The zero-order chi connectivity index (χ0) is 16.0. The van der Waals surface area contributed by atoms with Gasteiger partial charge in [-0.2, -0.15) is 4.98 Å². The molecule has 0 saturated heterocycles. The number of nitrogens with two attached hydrogens (primary N) is 2. The van der Waals surface area contributed by atoms with E-state index in [1.165, 1.54) is 0 Å². The summed E-state index contributed by atoms with van der Waals surface area (Å²) in [7, 11) is 0. The highest BCUT2D eigenvalue weighted by molar-refractivity contribution is 5.91. The van der Waals surface area contributed by atoms with Crippen LogP contribution in [0.25, 0.3) is 10.9 Å². The Bertz CT molecular complexity index is 883. The standard InChI is InChI=1S/C17H16N4O2/c1-9-14-12(18)7-13-11(15(14)23-16(9)19)8-20-17(21-13)22-10-5-3-2-4-6-10/h2-9,16H,18-19H2,1H3. The fourth-order valence-corrected chi connectivity index (χ4v) is 2.81. The van der Waals surface area contributed by atoms with Crippen molar-refractivity contribution in [3.8, 4) is 17.5 Å². The van der Waals surface area contributed by atoms with Gasteiger partial charge >= 0.3 is 6.01 Å². The number of benzene rings is 2. The van der Waals surface area contributed by atoms with Crippen molar-refractivity contribution in [2.45, 2.75) is 19.1 Å². The van der Waals surface area contributed by atoms with Crippen LogP contribution in [0.1, 0.15) is 18.4 Å². The Balaban J connectivity index is 1.79. The molecular formula is C17H16N4O2. The Labute approximate surface area is 133 Å². The van der Waals surface area contributed by atoms with Crippen molar-refractivity contribution in [3.63, 3.8) is 0 Å². The quantitative estimate of drug-likeness (QED) is 0.707. The first-order valence-electron chi connectivity index (χ1n) is 7.38. The van der Waals surface area contributed by atoms with Gasteiger partial charge in [-0.1, -0.05) is 25.1 Å². The minimum Gasteiger partial charge on any atom is -0.474 e. The van der Waals surface area contributed by atoms with Crippen molar-refractivity contribution in [2.75, 3.05) is 5.73 Å². The molecule has 6 heteroatoms. The zero-order valence-corrected chi connectivity index (χ0v) is 12.6. The van der Waals surface area contributed by atoms with Crippen LogP contribution in [-0.2, 0) is 0 Å². The van der Waals surface area contributed by atoms with E-state index in [0.29, 0.717) is 22.7 Å². The van der Waals surface area contributed by atoms with Crippen LogP contribution in [0.15, 0.2) is 42.6 Å². The second kappa shape index (κ2) is 5.10. The lowest BCUT2D eigenvalue weighted by Gasteiger charge is -2.09. The third kappa shape index (κ3) is 2.24. The lowest BCUT2D eigenvalue weighted by Crippen LogP contribution is -2.27. The smallest absolute Gasteiger partial charge is 0.322 e. The monoisotopic (exact) mass is 308 g/mol. The summed E-state index contributed by atoms with van der Waals surface area (Å²) in [5.74, 6) is 1.38. The maximum atomic E-state index is 6.16. The van der Waals surface area contributed by atoms with Crippen molar-refractivity contribution in [2.24, 2.45) is 5.73 Å². The van der Waals surface area contributed by atoms with E-state index >= 15 is 0 Å². The SMILES string of the molecule is CC1c2c(N)cc3nc(Oc4ccccc4)ncc3c2OC1N. The van der Waals surface area contributed by atoms with Gasteiger partial charge in [0, 0.05) is 23.4 Å². The van der Waals surface area contributed by atoms with E-state index in [4.69, 9.17) is 20.9 Å². The van der Waals surface area contributed by atoms with E-state index in [-0.39, 0.29) is 11.9 Å². The number of aromatic nitrogens is 2. The van der Waals surface area contributed by atoms with Crippen LogP contribution in [0.4, 0.5) is 5.69 Å². The molecule has 0 amide bonds. The summed E-state index contributed by atoms with van der Waals surface area (Å²) in [6.45, 7) is 1.99. The molecule has 0 saturated carbocycles. The number of fused-ring (bicyclic) bond motifs is 3. The Hall–Kier alpha value is -2.86. The van der Waals surface area contributed by atoms with Crippen molar-refractivity contribution in [3.05, 3.63) is 48.2 Å². The normalized spacial score (nSPS) is 19.4. The van der Waals surface area contributed by atoms with Gasteiger partial charge in [-0.15, -0.1) is 0 Å². The molecule has 23 heavy (non-hydrogen) atoms. The molecule has 2 heterocycles. The molecule has 1 aliphatic rings. The van der Waals surface area contributed by atoms with Crippen molar-refractivity contribution < 1.29 is 9.47 Å². The van der Waals surface area contributed by atoms with E-state index in [0.717, 1.165) is 10.9 Å². The van der Waals surface area contributed by atoms with E-state index in [9.17, 15) is 0 Å². The summed E-state index contributed by atoms with van der Waals surface area (Å²) >= 11 is 0. The maximum absolute atomic E-state index is 6.16. The van der Waals surface area contributed by atoms with Crippen LogP contribution in [0.2, 0.25) is 0 Å². The van der Waals surface area contributed by atoms with Gasteiger partial charge in [0.05, 0.1) is 10.9 Å². The third-order valence-corrected chi connectivity index (χ3v) is 4.04. The average Bonchev–Trinajstić information content (AvgIpc) is 2.84. The number of hydrogen-bond acceptors (Lipinski definition) is 6. The molecule has 3 aromatic rings.